The van der Waals surface area contributed by atoms with Crippen LogP contribution in [0.2, 0.25) is 0 Å². The van der Waals surface area contributed by atoms with Gasteiger partial charge >= 0.3 is 0 Å². The molecule has 5 nitrogen and oxygen atoms in total. The van der Waals surface area contributed by atoms with Gasteiger partial charge < -0.3 is 5.32 Å². The third-order valence-electron chi connectivity index (χ3n) is 6.16. The van der Waals surface area contributed by atoms with Crippen molar-refractivity contribution in [3.8, 4) is 11.4 Å². The molecule has 138 valence electrons. The number of hydrogen-bond donors (Lipinski definition) is 2. The number of hydrogen-bond acceptors (Lipinski definition) is 3. The second-order valence-corrected chi connectivity index (χ2v) is 8.39. The molecule has 1 aromatic carbocycles. The van der Waals surface area contributed by atoms with E-state index in [1.54, 1.807) is 4.57 Å². The van der Waals surface area contributed by atoms with E-state index in [-0.39, 0.29) is 18.5 Å². The van der Waals surface area contributed by atoms with Crippen molar-refractivity contribution in [3.63, 3.8) is 0 Å². The zero-order chi connectivity index (χ0) is 18.3. The van der Waals surface area contributed by atoms with Crippen LogP contribution in [0.5, 0.6) is 0 Å². The second-order valence-electron chi connectivity index (χ2n) is 8.00. The summed E-state index contributed by atoms with van der Waals surface area (Å²) in [5.41, 5.74) is 2.11. The van der Waals surface area contributed by atoms with E-state index in [2.05, 4.69) is 28.5 Å². The summed E-state index contributed by atoms with van der Waals surface area (Å²) in [4.78, 5) is 12.7. The van der Waals surface area contributed by atoms with Gasteiger partial charge in [-0.15, -0.1) is 0 Å². The van der Waals surface area contributed by atoms with Gasteiger partial charge in [0.1, 0.15) is 6.54 Å². The van der Waals surface area contributed by atoms with Crippen LogP contribution in [0.1, 0.15) is 38.2 Å². The fraction of sp³-hybridized carbons (Fsp3) is 0.550. The Balaban J connectivity index is 1.46. The highest BCUT2D eigenvalue weighted by molar-refractivity contribution is 7.71. The normalized spacial score (nSPS) is 25.4. The van der Waals surface area contributed by atoms with Crippen LogP contribution in [0.4, 0.5) is 0 Å². The van der Waals surface area contributed by atoms with Crippen LogP contribution < -0.4 is 5.32 Å². The van der Waals surface area contributed by atoms with Gasteiger partial charge in [-0.1, -0.05) is 30.2 Å². The number of amides is 1. The lowest BCUT2D eigenvalue weighted by molar-refractivity contribution is -0.122. The molecule has 2 aliphatic carbocycles. The number of carbonyl (C=O) groups excluding carboxylic acids is 1. The summed E-state index contributed by atoms with van der Waals surface area (Å²) in [5.74, 6) is 3.04. The summed E-state index contributed by atoms with van der Waals surface area (Å²) in [6.07, 6.45) is 5.34. The number of carbonyl (C=O) groups is 1. The van der Waals surface area contributed by atoms with E-state index in [9.17, 15) is 4.79 Å². The van der Waals surface area contributed by atoms with Crippen molar-refractivity contribution >= 4 is 18.1 Å². The lowest BCUT2D eigenvalue weighted by atomic mass is 9.84. The van der Waals surface area contributed by atoms with E-state index in [1.807, 2.05) is 25.1 Å². The molecule has 1 amide bonds. The van der Waals surface area contributed by atoms with Crippen LogP contribution >= 0.6 is 12.2 Å². The number of aromatic amines is 1. The Morgan fingerprint density at radius 2 is 2.27 bits per heavy atom. The number of nitrogens with zero attached hydrogens (tertiary/aromatic N) is 2. The topological polar surface area (TPSA) is 62.7 Å². The Bertz CT molecular complexity index is 871. The molecule has 4 unspecified atom stereocenters. The molecule has 2 bridgehead atoms. The first-order valence-corrected chi connectivity index (χ1v) is 9.93. The molecule has 1 heterocycles. The fourth-order valence-corrected chi connectivity index (χ4v) is 5.12. The van der Waals surface area contributed by atoms with Crippen LogP contribution in [0, 0.1) is 29.4 Å². The van der Waals surface area contributed by atoms with Gasteiger partial charge in [0.15, 0.2) is 10.6 Å². The summed E-state index contributed by atoms with van der Waals surface area (Å²) in [6.45, 7) is 4.39. The molecule has 0 saturated heterocycles. The first kappa shape index (κ1) is 17.5. The second kappa shape index (κ2) is 6.99. The molecule has 26 heavy (non-hydrogen) atoms. The van der Waals surface area contributed by atoms with Crippen molar-refractivity contribution in [2.75, 3.05) is 0 Å². The fourth-order valence-electron chi connectivity index (χ4n) is 4.93. The van der Waals surface area contributed by atoms with Crippen molar-refractivity contribution in [1.82, 2.24) is 20.1 Å². The van der Waals surface area contributed by atoms with Gasteiger partial charge in [-0.2, -0.15) is 5.10 Å². The largest absolute Gasteiger partial charge is 0.352 e. The lowest BCUT2D eigenvalue weighted by Crippen LogP contribution is -2.41. The summed E-state index contributed by atoms with van der Waals surface area (Å²) in [5, 5.41) is 10.4. The number of fused-ring (bicyclic) bond motifs is 2. The smallest absolute Gasteiger partial charge is 0.240 e. The van der Waals surface area contributed by atoms with Gasteiger partial charge in [0, 0.05) is 11.6 Å². The maximum absolute atomic E-state index is 12.7. The highest BCUT2D eigenvalue weighted by atomic mass is 32.1. The lowest BCUT2D eigenvalue weighted by Gasteiger charge is -2.28. The average molecular weight is 371 g/mol. The molecule has 4 atom stereocenters. The third kappa shape index (κ3) is 3.34. The molecule has 2 aliphatic rings. The SMILES string of the molecule is Cc1cccc(-c2n[nH]c(=S)n2CC(=O)NC(C)C2CC3CCC2C3)c1. The summed E-state index contributed by atoms with van der Waals surface area (Å²) >= 11 is 5.35. The maximum atomic E-state index is 12.7. The van der Waals surface area contributed by atoms with Crippen molar-refractivity contribution in [1.29, 1.82) is 0 Å². The molecule has 0 spiro atoms. The molecule has 2 saturated carbocycles. The van der Waals surface area contributed by atoms with Crippen molar-refractivity contribution in [3.05, 3.63) is 34.6 Å². The number of aromatic nitrogens is 3. The van der Waals surface area contributed by atoms with Gasteiger partial charge in [-0.25, -0.2) is 0 Å². The number of rotatable bonds is 5. The molecule has 0 aliphatic heterocycles. The molecule has 2 fully saturated rings. The average Bonchev–Trinajstić information content (AvgIpc) is 3.32. The monoisotopic (exact) mass is 370 g/mol. The number of benzene rings is 1. The third-order valence-corrected chi connectivity index (χ3v) is 6.47. The van der Waals surface area contributed by atoms with Crippen LogP contribution in [0.15, 0.2) is 24.3 Å². The summed E-state index contributed by atoms with van der Waals surface area (Å²) in [6, 6.07) is 8.30. The van der Waals surface area contributed by atoms with Gasteiger partial charge in [-0.05, 0) is 69.1 Å². The van der Waals surface area contributed by atoms with E-state index < -0.39 is 0 Å². The van der Waals surface area contributed by atoms with E-state index in [4.69, 9.17) is 12.2 Å². The van der Waals surface area contributed by atoms with Crippen LogP contribution in [0.3, 0.4) is 0 Å². The molecule has 1 aromatic heterocycles. The molecular formula is C20H26N4OS. The number of aryl methyl sites for hydroxylation is 1. The zero-order valence-corrected chi connectivity index (χ0v) is 16.2. The predicted octanol–water partition coefficient (Wildman–Crippen LogP) is 3.86. The number of H-pyrrole nitrogens is 1. The minimum atomic E-state index is 0.00618. The van der Waals surface area contributed by atoms with Crippen molar-refractivity contribution in [2.45, 2.75) is 52.1 Å². The van der Waals surface area contributed by atoms with Gasteiger partial charge in [0.05, 0.1) is 0 Å². The van der Waals surface area contributed by atoms with E-state index in [1.165, 1.54) is 25.7 Å². The summed E-state index contributed by atoms with van der Waals surface area (Å²) < 4.78 is 2.26. The Labute approximate surface area is 159 Å². The molecule has 2 N–H and O–H groups in total. The van der Waals surface area contributed by atoms with Crippen LogP contribution in [-0.4, -0.2) is 26.7 Å². The van der Waals surface area contributed by atoms with Crippen LogP contribution in [0.25, 0.3) is 11.4 Å². The first-order valence-electron chi connectivity index (χ1n) is 9.53. The Kier molecular flexibility index (Phi) is 4.69. The molecule has 0 radical (unpaired) electrons. The quantitative estimate of drug-likeness (QED) is 0.786. The molecule has 2 aromatic rings. The number of nitrogens with one attached hydrogen (secondary N) is 2. The van der Waals surface area contributed by atoms with E-state index >= 15 is 0 Å². The predicted molar refractivity (Wildman–Crippen MR) is 104 cm³/mol. The first-order chi connectivity index (χ1) is 12.5. The summed E-state index contributed by atoms with van der Waals surface area (Å²) in [7, 11) is 0. The minimum Gasteiger partial charge on any atom is -0.352 e. The highest BCUT2D eigenvalue weighted by Crippen LogP contribution is 2.49. The maximum Gasteiger partial charge on any atom is 0.240 e. The van der Waals surface area contributed by atoms with Crippen LogP contribution in [-0.2, 0) is 11.3 Å². The van der Waals surface area contributed by atoms with Crippen molar-refractivity contribution < 1.29 is 4.79 Å². The molecule has 4 rings (SSSR count). The molecule has 6 heteroatoms. The van der Waals surface area contributed by atoms with Gasteiger partial charge in [-0.3, -0.25) is 14.5 Å². The Morgan fingerprint density at radius 3 is 2.96 bits per heavy atom. The van der Waals surface area contributed by atoms with Gasteiger partial charge in [0.2, 0.25) is 5.91 Å². The van der Waals surface area contributed by atoms with Crippen molar-refractivity contribution in [2.24, 2.45) is 17.8 Å². The molecular weight excluding hydrogens is 344 g/mol. The zero-order valence-electron chi connectivity index (χ0n) is 15.4. The Morgan fingerprint density at radius 1 is 1.42 bits per heavy atom. The standard InChI is InChI=1S/C20H26N4OS/c1-12-4-3-5-16(8-12)19-22-23-20(26)24(19)11-18(25)21-13(2)17-10-14-6-7-15(17)9-14/h3-5,8,13-15,17H,6-7,9-11H2,1-2H3,(H,21,25)(H,23,26). The Hall–Kier alpha value is -1.95. The van der Waals surface area contributed by atoms with Gasteiger partial charge in [0.25, 0.3) is 0 Å². The highest BCUT2D eigenvalue weighted by Gasteiger charge is 2.42. The van der Waals surface area contributed by atoms with E-state index in [0.717, 1.165) is 23.0 Å². The van der Waals surface area contributed by atoms with E-state index in [0.29, 0.717) is 16.5 Å². The minimum absolute atomic E-state index is 0.00618.